The van der Waals surface area contributed by atoms with E-state index >= 15 is 0 Å². The standard InChI is InChI=1S/C4H6N2OS2/c1-9(7)3-2-6-4(5)8-3/h2H,1H3,(H2,5,6). The van der Waals surface area contributed by atoms with E-state index in [1.165, 1.54) is 17.5 Å². The van der Waals surface area contributed by atoms with Crippen LogP contribution in [0, 0.1) is 0 Å². The Balaban J connectivity index is 2.98. The van der Waals surface area contributed by atoms with Crippen molar-refractivity contribution in [2.45, 2.75) is 4.21 Å². The maximum atomic E-state index is 10.7. The second kappa shape index (κ2) is 2.45. The van der Waals surface area contributed by atoms with Crippen LogP contribution in [0.3, 0.4) is 0 Å². The van der Waals surface area contributed by atoms with Crippen LogP contribution in [0.5, 0.6) is 0 Å². The van der Waals surface area contributed by atoms with E-state index in [9.17, 15) is 4.21 Å². The van der Waals surface area contributed by atoms with Gasteiger partial charge in [0.15, 0.2) is 5.13 Å². The second-order valence-corrected chi connectivity index (χ2v) is 4.14. The van der Waals surface area contributed by atoms with E-state index in [1.54, 1.807) is 6.26 Å². The van der Waals surface area contributed by atoms with E-state index in [1.807, 2.05) is 0 Å². The molecule has 0 amide bonds. The maximum Gasteiger partial charge on any atom is 0.181 e. The number of hydrogen-bond donors (Lipinski definition) is 1. The van der Waals surface area contributed by atoms with Gasteiger partial charge in [-0.3, -0.25) is 4.21 Å². The van der Waals surface area contributed by atoms with Crippen molar-refractivity contribution < 1.29 is 4.21 Å². The highest BCUT2D eigenvalue weighted by Gasteiger charge is 1.99. The van der Waals surface area contributed by atoms with Crippen molar-refractivity contribution in [3.63, 3.8) is 0 Å². The van der Waals surface area contributed by atoms with Crippen LogP contribution < -0.4 is 5.73 Å². The molecule has 3 nitrogen and oxygen atoms in total. The fourth-order valence-corrected chi connectivity index (χ4v) is 1.75. The van der Waals surface area contributed by atoms with Gasteiger partial charge in [0.2, 0.25) is 0 Å². The third kappa shape index (κ3) is 1.49. The zero-order valence-electron chi connectivity index (χ0n) is 4.83. The molecule has 0 fully saturated rings. The van der Waals surface area contributed by atoms with Crippen molar-refractivity contribution in [3.8, 4) is 0 Å². The SMILES string of the molecule is CS(=O)c1cnc(N)s1. The number of nitrogen functional groups attached to an aromatic ring is 1. The maximum absolute atomic E-state index is 10.7. The first-order valence-electron chi connectivity index (χ1n) is 2.25. The molecule has 1 aromatic heterocycles. The van der Waals surface area contributed by atoms with Gasteiger partial charge in [0.05, 0.1) is 17.0 Å². The second-order valence-electron chi connectivity index (χ2n) is 1.47. The van der Waals surface area contributed by atoms with Crippen LogP contribution in [-0.2, 0) is 10.8 Å². The van der Waals surface area contributed by atoms with E-state index in [0.29, 0.717) is 5.13 Å². The molecule has 0 spiro atoms. The summed E-state index contributed by atoms with van der Waals surface area (Å²) in [5.41, 5.74) is 5.29. The third-order valence-corrected chi connectivity index (χ3v) is 3.03. The first-order chi connectivity index (χ1) is 4.20. The summed E-state index contributed by atoms with van der Waals surface area (Å²) in [4.78, 5) is 3.74. The molecule has 1 unspecified atom stereocenters. The molecule has 0 saturated carbocycles. The summed E-state index contributed by atoms with van der Waals surface area (Å²) < 4.78 is 11.4. The topological polar surface area (TPSA) is 56.0 Å². The Hall–Kier alpha value is -0.420. The Labute approximate surface area is 59.4 Å². The lowest BCUT2D eigenvalue weighted by atomic mass is 11.0. The van der Waals surface area contributed by atoms with Gasteiger partial charge in [0, 0.05) is 6.26 Å². The summed E-state index contributed by atoms with van der Waals surface area (Å²) >= 11 is 1.26. The van der Waals surface area contributed by atoms with Gasteiger partial charge in [-0.1, -0.05) is 11.3 Å². The lowest BCUT2D eigenvalue weighted by molar-refractivity contribution is 0.688. The molecule has 0 aromatic carbocycles. The summed E-state index contributed by atoms with van der Waals surface area (Å²) in [7, 11) is -0.932. The Morgan fingerprint density at radius 3 is 2.78 bits per heavy atom. The van der Waals surface area contributed by atoms with Crippen LogP contribution in [0.15, 0.2) is 10.4 Å². The zero-order chi connectivity index (χ0) is 6.85. The minimum Gasteiger partial charge on any atom is -0.375 e. The van der Waals surface area contributed by atoms with Crippen molar-refractivity contribution in [3.05, 3.63) is 6.20 Å². The molecule has 0 aliphatic heterocycles. The number of anilines is 1. The Morgan fingerprint density at radius 2 is 2.56 bits per heavy atom. The highest BCUT2D eigenvalue weighted by atomic mass is 32.2. The third-order valence-electron chi connectivity index (χ3n) is 0.786. The highest BCUT2D eigenvalue weighted by molar-refractivity contribution is 7.86. The number of rotatable bonds is 1. The van der Waals surface area contributed by atoms with Gasteiger partial charge in [-0.2, -0.15) is 0 Å². The van der Waals surface area contributed by atoms with Crippen LogP contribution >= 0.6 is 11.3 Å². The van der Waals surface area contributed by atoms with Crippen molar-refractivity contribution in [1.29, 1.82) is 0 Å². The quantitative estimate of drug-likeness (QED) is 0.652. The van der Waals surface area contributed by atoms with Crippen LogP contribution in [0.2, 0.25) is 0 Å². The molecule has 0 aliphatic carbocycles. The molecule has 1 atom stereocenters. The van der Waals surface area contributed by atoms with Gasteiger partial charge in [0.1, 0.15) is 4.21 Å². The molecular formula is C4H6N2OS2. The molecule has 2 N–H and O–H groups in total. The largest absolute Gasteiger partial charge is 0.375 e. The Bertz CT molecular complexity index is 232. The van der Waals surface area contributed by atoms with E-state index in [0.717, 1.165) is 4.21 Å². The number of hydrogen-bond acceptors (Lipinski definition) is 4. The molecule has 0 radical (unpaired) electrons. The summed E-state index contributed by atoms with van der Waals surface area (Å²) in [6.45, 7) is 0. The summed E-state index contributed by atoms with van der Waals surface area (Å²) in [6, 6.07) is 0. The molecule has 0 bridgehead atoms. The molecule has 1 heterocycles. The number of aromatic nitrogens is 1. The van der Waals surface area contributed by atoms with E-state index < -0.39 is 10.8 Å². The molecular weight excluding hydrogens is 156 g/mol. The average Bonchev–Trinajstić information content (AvgIpc) is 2.14. The van der Waals surface area contributed by atoms with Crippen LogP contribution in [-0.4, -0.2) is 15.4 Å². The molecule has 1 rings (SSSR count). The summed E-state index contributed by atoms with van der Waals surface area (Å²) in [5, 5.41) is 0.472. The normalized spacial score (nSPS) is 13.4. The molecule has 1 aromatic rings. The molecule has 9 heavy (non-hydrogen) atoms. The van der Waals surface area contributed by atoms with Crippen LogP contribution in [0.25, 0.3) is 0 Å². The van der Waals surface area contributed by atoms with Crippen LogP contribution in [0.4, 0.5) is 5.13 Å². The molecule has 0 saturated heterocycles. The van der Waals surface area contributed by atoms with Crippen molar-refractivity contribution in [2.24, 2.45) is 0 Å². The van der Waals surface area contributed by atoms with Crippen molar-refractivity contribution in [2.75, 3.05) is 12.0 Å². The van der Waals surface area contributed by atoms with Gasteiger partial charge in [-0.25, -0.2) is 4.98 Å². The van der Waals surface area contributed by atoms with Gasteiger partial charge in [-0.05, 0) is 0 Å². The summed E-state index contributed by atoms with van der Waals surface area (Å²) in [6.07, 6.45) is 3.14. The van der Waals surface area contributed by atoms with E-state index in [4.69, 9.17) is 5.73 Å². The first-order valence-corrected chi connectivity index (χ1v) is 4.62. The highest BCUT2D eigenvalue weighted by Crippen LogP contribution is 2.16. The first kappa shape index (κ1) is 6.70. The van der Waals surface area contributed by atoms with Gasteiger partial charge in [-0.15, -0.1) is 0 Å². The minimum atomic E-state index is -0.932. The van der Waals surface area contributed by atoms with Gasteiger partial charge < -0.3 is 5.73 Å². The van der Waals surface area contributed by atoms with Crippen molar-refractivity contribution in [1.82, 2.24) is 4.98 Å². The monoisotopic (exact) mass is 162 g/mol. The number of thiazole rings is 1. The molecule has 5 heteroatoms. The average molecular weight is 162 g/mol. The smallest absolute Gasteiger partial charge is 0.181 e. The number of nitrogens with zero attached hydrogens (tertiary/aromatic N) is 1. The van der Waals surface area contributed by atoms with Gasteiger partial charge in [0.25, 0.3) is 0 Å². The lowest BCUT2D eigenvalue weighted by Gasteiger charge is -1.80. The van der Waals surface area contributed by atoms with Crippen LogP contribution in [0.1, 0.15) is 0 Å². The molecule has 0 aliphatic rings. The Morgan fingerprint density at radius 1 is 1.89 bits per heavy atom. The van der Waals surface area contributed by atoms with Crippen molar-refractivity contribution >= 4 is 27.3 Å². The predicted octanol–water partition coefficient (Wildman–Crippen LogP) is 0.463. The predicted molar refractivity (Wildman–Crippen MR) is 38.9 cm³/mol. The van der Waals surface area contributed by atoms with E-state index in [-0.39, 0.29) is 0 Å². The van der Waals surface area contributed by atoms with Gasteiger partial charge >= 0.3 is 0 Å². The lowest BCUT2D eigenvalue weighted by Crippen LogP contribution is -1.79. The molecule has 50 valence electrons. The van der Waals surface area contributed by atoms with E-state index in [2.05, 4.69) is 4.98 Å². The minimum absolute atomic E-state index is 0.472. The fraction of sp³-hybridized carbons (Fsp3) is 0.250. The summed E-state index contributed by atoms with van der Waals surface area (Å²) in [5.74, 6) is 0. The fourth-order valence-electron chi connectivity index (χ4n) is 0.405. The zero-order valence-corrected chi connectivity index (χ0v) is 6.46. The Kier molecular flexibility index (Phi) is 1.82. The number of nitrogens with two attached hydrogens (primary N) is 1.